The lowest BCUT2D eigenvalue weighted by Gasteiger charge is -2.37. The first-order valence-corrected chi connectivity index (χ1v) is 9.48. The molecule has 2 aliphatic rings. The van der Waals surface area contributed by atoms with Crippen LogP contribution in [0.5, 0.6) is 0 Å². The van der Waals surface area contributed by atoms with E-state index in [1.54, 1.807) is 17.0 Å². The van der Waals surface area contributed by atoms with Gasteiger partial charge in [0.15, 0.2) is 0 Å². The average Bonchev–Trinajstić information content (AvgIpc) is 3.39. The number of ether oxygens (including phenoxy) is 2. The Balaban J connectivity index is 1.45. The lowest BCUT2D eigenvalue weighted by Crippen LogP contribution is -2.51. The van der Waals surface area contributed by atoms with Gasteiger partial charge in [0.05, 0.1) is 25.5 Å². The average molecular weight is 385 g/mol. The summed E-state index contributed by atoms with van der Waals surface area (Å²) in [4.78, 5) is 27.2. The number of benzene rings is 1. The first-order chi connectivity index (χ1) is 13.6. The van der Waals surface area contributed by atoms with Gasteiger partial charge in [0.1, 0.15) is 23.9 Å². The Labute approximate surface area is 162 Å². The fourth-order valence-corrected chi connectivity index (χ4v) is 3.85. The molecule has 2 aromatic rings. The summed E-state index contributed by atoms with van der Waals surface area (Å²) in [5.74, 6) is -1.13. The molecule has 0 bridgehead atoms. The fraction of sp³-hybridized carbons (Fsp3) is 0.429. The molecule has 7 nitrogen and oxygen atoms in total. The fourth-order valence-electron chi connectivity index (χ4n) is 3.85. The number of carbonyl (C=O) groups excluding carboxylic acids is 2. The number of hydrogen-bond donors (Lipinski definition) is 1. The molecule has 0 saturated carbocycles. The molecule has 0 spiro atoms. The summed E-state index contributed by atoms with van der Waals surface area (Å²) in [6, 6.07) is 12.5. The van der Waals surface area contributed by atoms with Crippen molar-refractivity contribution < 1.29 is 28.6 Å². The van der Waals surface area contributed by atoms with Crippen LogP contribution < -0.4 is 0 Å². The van der Waals surface area contributed by atoms with Gasteiger partial charge < -0.3 is 23.9 Å². The standard InChI is InChI=1S/C21H23NO6/c23-17(18-7-4-9-27-18)11-15-13-26-10-8-22(15)20(24)16-12-19(28-21(16)25)14-5-2-1-3-6-14/h1-7,9,15-17,19,23H,8,10-13H2. The number of morpholine rings is 1. The van der Waals surface area contributed by atoms with Gasteiger partial charge in [0.25, 0.3) is 0 Å². The van der Waals surface area contributed by atoms with E-state index >= 15 is 0 Å². The molecule has 1 aromatic carbocycles. The van der Waals surface area contributed by atoms with E-state index in [-0.39, 0.29) is 18.4 Å². The first-order valence-electron chi connectivity index (χ1n) is 9.48. The molecule has 0 radical (unpaired) electrons. The third-order valence-corrected chi connectivity index (χ3v) is 5.34. The number of esters is 1. The number of nitrogens with zero attached hydrogens (tertiary/aromatic N) is 1. The van der Waals surface area contributed by atoms with Crippen molar-refractivity contribution in [1.29, 1.82) is 0 Å². The molecular formula is C21H23NO6. The molecule has 1 N–H and O–H groups in total. The van der Waals surface area contributed by atoms with Crippen LogP contribution in [0.1, 0.15) is 36.4 Å². The summed E-state index contributed by atoms with van der Waals surface area (Å²) in [5.41, 5.74) is 0.887. The highest BCUT2D eigenvalue weighted by Gasteiger charge is 2.44. The molecule has 0 aliphatic carbocycles. The van der Waals surface area contributed by atoms with Gasteiger partial charge in [0, 0.05) is 19.4 Å². The van der Waals surface area contributed by atoms with Crippen molar-refractivity contribution in [2.75, 3.05) is 19.8 Å². The summed E-state index contributed by atoms with van der Waals surface area (Å²) in [6.07, 6.45) is 0.854. The molecular weight excluding hydrogens is 362 g/mol. The maximum atomic E-state index is 13.1. The largest absolute Gasteiger partial charge is 0.467 e. The number of rotatable bonds is 5. The van der Waals surface area contributed by atoms with Crippen molar-refractivity contribution in [2.24, 2.45) is 5.92 Å². The van der Waals surface area contributed by atoms with Crippen LogP contribution in [0.25, 0.3) is 0 Å². The van der Waals surface area contributed by atoms with Crippen molar-refractivity contribution in [3.05, 3.63) is 60.1 Å². The summed E-state index contributed by atoms with van der Waals surface area (Å²) in [5, 5.41) is 10.4. The zero-order valence-corrected chi connectivity index (χ0v) is 15.4. The summed E-state index contributed by atoms with van der Waals surface area (Å²) in [7, 11) is 0. The number of amides is 1. The predicted octanol–water partition coefficient (Wildman–Crippen LogP) is 2.23. The highest BCUT2D eigenvalue weighted by molar-refractivity contribution is 5.99. The third kappa shape index (κ3) is 3.81. The maximum Gasteiger partial charge on any atom is 0.319 e. The van der Waals surface area contributed by atoms with Crippen LogP contribution in [0.2, 0.25) is 0 Å². The number of hydrogen-bond acceptors (Lipinski definition) is 6. The van der Waals surface area contributed by atoms with Gasteiger partial charge in [-0.15, -0.1) is 0 Å². The molecule has 4 unspecified atom stereocenters. The molecule has 148 valence electrons. The van der Waals surface area contributed by atoms with Gasteiger partial charge in [-0.3, -0.25) is 9.59 Å². The first kappa shape index (κ1) is 18.7. The van der Waals surface area contributed by atoms with Crippen LogP contribution in [0, 0.1) is 5.92 Å². The van der Waals surface area contributed by atoms with Crippen LogP contribution >= 0.6 is 0 Å². The van der Waals surface area contributed by atoms with E-state index in [2.05, 4.69) is 0 Å². The number of aliphatic hydroxyl groups excluding tert-OH is 1. The van der Waals surface area contributed by atoms with E-state index in [0.29, 0.717) is 31.9 Å². The van der Waals surface area contributed by atoms with Crippen LogP contribution in [0.3, 0.4) is 0 Å². The monoisotopic (exact) mass is 385 g/mol. The van der Waals surface area contributed by atoms with Crippen molar-refractivity contribution in [2.45, 2.75) is 31.1 Å². The minimum atomic E-state index is -0.843. The van der Waals surface area contributed by atoms with Gasteiger partial charge in [-0.2, -0.15) is 0 Å². The zero-order valence-electron chi connectivity index (χ0n) is 15.4. The second kappa shape index (κ2) is 8.16. The smallest absolute Gasteiger partial charge is 0.319 e. The Hall–Kier alpha value is -2.64. The van der Waals surface area contributed by atoms with Gasteiger partial charge in [-0.1, -0.05) is 30.3 Å². The molecule has 4 atom stereocenters. The third-order valence-electron chi connectivity index (χ3n) is 5.34. The highest BCUT2D eigenvalue weighted by atomic mass is 16.6. The quantitative estimate of drug-likeness (QED) is 0.627. The van der Waals surface area contributed by atoms with Crippen molar-refractivity contribution in [3.63, 3.8) is 0 Å². The second-order valence-corrected chi connectivity index (χ2v) is 7.15. The van der Waals surface area contributed by atoms with Crippen LogP contribution in [0.4, 0.5) is 0 Å². The number of aliphatic hydroxyl groups is 1. The normalized spacial score (nSPS) is 26.1. The van der Waals surface area contributed by atoms with E-state index in [1.165, 1.54) is 6.26 Å². The molecule has 2 fully saturated rings. The van der Waals surface area contributed by atoms with Gasteiger partial charge in [-0.25, -0.2) is 0 Å². The Morgan fingerprint density at radius 2 is 2.04 bits per heavy atom. The maximum absolute atomic E-state index is 13.1. The van der Waals surface area contributed by atoms with E-state index in [9.17, 15) is 14.7 Å². The van der Waals surface area contributed by atoms with Crippen LogP contribution in [-0.2, 0) is 19.1 Å². The zero-order chi connectivity index (χ0) is 19.5. The SMILES string of the molecule is O=C1OC(c2ccccc2)CC1C(=O)N1CCOCC1CC(O)c1ccco1. The molecule has 2 saturated heterocycles. The summed E-state index contributed by atoms with van der Waals surface area (Å²) < 4.78 is 16.2. The molecule has 1 aromatic heterocycles. The van der Waals surface area contributed by atoms with Crippen LogP contribution in [-0.4, -0.2) is 47.7 Å². The van der Waals surface area contributed by atoms with Gasteiger partial charge in [0.2, 0.25) is 5.91 Å². The predicted molar refractivity (Wildman–Crippen MR) is 98.0 cm³/mol. The van der Waals surface area contributed by atoms with Crippen LogP contribution in [0.15, 0.2) is 53.1 Å². The van der Waals surface area contributed by atoms with Crippen molar-refractivity contribution in [3.8, 4) is 0 Å². The minimum Gasteiger partial charge on any atom is -0.467 e. The second-order valence-electron chi connectivity index (χ2n) is 7.15. The number of carbonyl (C=O) groups is 2. The Morgan fingerprint density at radius 1 is 1.21 bits per heavy atom. The minimum absolute atomic E-state index is 0.261. The highest BCUT2D eigenvalue weighted by Crippen LogP contribution is 2.35. The number of cyclic esters (lactones) is 1. The molecule has 7 heteroatoms. The molecule has 3 heterocycles. The summed E-state index contributed by atoms with van der Waals surface area (Å²) >= 11 is 0. The van der Waals surface area contributed by atoms with E-state index < -0.39 is 24.1 Å². The lowest BCUT2D eigenvalue weighted by atomic mass is 9.97. The van der Waals surface area contributed by atoms with Gasteiger partial charge >= 0.3 is 5.97 Å². The van der Waals surface area contributed by atoms with Gasteiger partial charge in [-0.05, 0) is 17.7 Å². The Morgan fingerprint density at radius 3 is 2.79 bits per heavy atom. The number of furan rings is 1. The molecule has 4 rings (SSSR count). The molecule has 1 amide bonds. The van der Waals surface area contributed by atoms with Crippen molar-refractivity contribution >= 4 is 11.9 Å². The van der Waals surface area contributed by atoms with E-state index in [4.69, 9.17) is 13.9 Å². The Kier molecular flexibility index (Phi) is 5.45. The lowest BCUT2D eigenvalue weighted by molar-refractivity contribution is -0.154. The van der Waals surface area contributed by atoms with E-state index in [0.717, 1.165) is 5.56 Å². The van der Waals surface area contributed by atoms with E-state index in [1.807, 2.05) is 30.3 Å². The molecule has 28 heavy (non-hydrogen) atoms. The summed E-state index contributed by atoms with van der Waals surface area (Å²) in [6.45, 7) is 1.10. The Bertz CT molecular complexity index is 806. The molecule has 2 aliphatic heterocycles. The van der Waals surface area contributed by atoms with Crippen molar-refractivity contribution in [1.82, 2.24) is 4.90 Å². The topological polar surface area (TPSA) is 89.2 Å².